The van der Waals surface area contributed by atoms with Gasteiger partial charge in [-0.3, -0.25) is 0 Å². The van der Waals surface area contributed by atoms with E-state index in [0.717, 1.165) is 29.3 Å². The Balaban J connectivity index is 0.00000200. The summed E-state index contributed by atoms with van der Waals surface area (Å²) >= 11 is 1.11. The summed E-state index contributed by atoms with van der Waals surface area (Å²) in [6.07, 6.45) is 0. The van der Waals surface area contributed by atoms with E-state index in [1.807, 2.05) is 4.90 Å². The lowest BCUT2D eigenvalue weighted by molar-refractivity contribution is 0.0674. The van der Waals surface area contributed by atoms with E-state index in [4.69, 9.17) is 15.6 Å². The Morgan fingerprint density at radius 3 is 2.60 bits per heavy atom. The van der Waals surface area contributed by atoms with Crippen molar-refractivity contribution in [1.82, 2.24) is 4.90 Å². The zero-order chi connectivity index (χ0) is 13.9. The first-order valence-corrected chi connectivity index (χ1v) is 8.07. The molecule has 10 heteroatoms. The summed E-state index contributed by atoms with van der Waals surface area (Å²) in [6.45, 7) is 3.09. The van der Waals surface area contributed by atoms with Crippen molar-refractivity contribution in [2.45, 2.75) is 10.8 Å². The third-order valence-corrected chi connectivity index (χ3v) is 5.16. The second-order valence-corrected chi connectivity index (χ2v) is 7.00. The molecule has 0 bridgehead atoms. The largest absolute Gasteiger partial charge is 0.378 e. The molecule has 0 atom stereocenters. The zero-order valence-corrected chi connectivity index (χ0v) is 14.7. The highest BCUT2D eigenvalue weighted by Crippen LogP contribution is 2.20. The van der Waals surface area contributed by atoms with Gasteiger partial charge in [-0.05, 0) is 12.1 Å². The monoisotopic (exact) mass is 432 g/mol. The lowest BCUT2D eigenvalue weighted by Gasteiger charge is -2.27. The van der Waals surface area contributed by atoms with Crippen LogP contribution >= 0.6 is 35.3 Å². The minimum absolute atomic E-state index is 0. The number of sulfonamides is 1. The van der Waals surface area contributed by atoms with Crippen LogP contribution in [-0.4, -0.2) is 45.6 Å². The van der Waals surface area contributed by atoms with Gasteiger partial charge in [0.05, 0.1) is 19.8 Å². The standard InChI is InChI=1S/C10H16N4O3S2.HI/c11-10(14-3-5-17-6-4-14)13-7-8-1-2-9(18-8)19(12,15)16;/h1-2H,3-7H2,(H2,11,13)(H2,12,15,16);1H. The molecule has 114 valence electrons. The summed E-state index contributed by atoms with van der Waals surface area (Å²) in [5, 5.41) is 5.04. The van der Waals surface area contributed by atoms with Gasteiger partial charge < -0.3 is 15.4 Å². The molecule has 1 saturated heterocycles. The third-order valence-electron chi connectivity index (χ3n) is 2.65. The van der Waals surface area contributed by atoms with Crippen molar-refractivity contribution in [3.8, 4) is 0 Å². The fourth-order valence-electron chi connectivity index (χ4n) is 1.65. The van der Waals surface area contributed by atoms with E-state index >= 15 is 0 Å². The molecule has 0 aliphatic carbocycles. The van der Waals surface area contributed by atoms with Crippen LogP contribution in [0, 0.1) is 0 Å². The number of hydrogen-bond donors (Lipinski definition) is 2. The molecule has 1 aromatic heterocycles. The van der Waals surface area contributed by atoms with E-state index in [-0.39, 0.29) is 28.2 Å². The van der Waals surface area contributed by atoms with E-state index in [1.165, 1.54) is 6.07 Å². The van der Waals surface area contributed by atoms with E-state index < -0.39 is 10.0 Å². The summed E-state index contributed by atoms with van der Waals surface area (Å²) in [4.78, 5) is 7.00. The van der Waals surface area contributed by atoms with Gasteiger partial charge in [-0.15, -0.1) is 35.3 Å². The number of ether oxygens (including phenoxy) is 1. The van der Waals surface area contributed by atoms with Crippen LogP contribution in [0.1, 0.15) is 4.88 Å². The number of nitrogens with zero attached hydrogens (tertiary/aromatic N) is 2. The maximum atomic E-state index is 11.1. The van der Waals surface area contributed by atoms with E-state index in [0.29, 0.717) is 25.7 Å². The van der Waals surface area contributed by atoms with Gasteiger partial charge in [0.2, 0.25) is 10.0 Å². The number of rotatable bonds is 3. The molecule has 0 unspecified atom stereocenters. The van der Waals surface area contributed by atoms with Gasteiger partial charge in [0.15, 0.2) is 5.96 Å². The molecule has 0 aromatic carbocycles. The maximum Gasteiger partial charge on any atom is 0.247 e. The number of thiophene rings is 1. The van der Waals surface area contributed by atoms with Crippen LogP contribution in [0.2, 0.25) is 0 Å². The first-order valence-electron chi connectivity index (χ1n) is 5.71. The van der Waals surface area contributed by atoms with E-state index in [9.17, 15) is 8.42 Å². The number of aliphatic imine (C=N–C) groups is 1. The van der Waals surface area contributed by atoms with Gasteiger partial charge in [-0.25, -0.2) is 18.5 Å². The van der Waals surface area contributed by atoms with Gasteiger partial charge in [-0.1, -0.05) is 0 Å². The molecule has 0 saturated carbocycles. The fraction of sp³-hybridized carbons (Fsp3) is 0.500. The molecule has 0 amide bonds. The molecule has 1 aliphatic rings. The Bertz CT molecular complexity index is 567. The molecule has 1 fully saturated rings. The molecule has 20 heavy (non-hydrogen) atoms. The van der Waals surface area contributed by atoms with Crippen LogP contribution in [0.3, 0.4) is 0 Å². The number of hydrogen-bond acceptors (Lipinski definition) is 5. The van der Waals surface area contributed by atoms with Crippen LogP contribution in [0.4, 0.5) is 0 Å². The second kappa shape index (κ2) is 7.54. The number of primary sulfonamides is 1. The summed E-state index contributed by atoms with van der Waals surface area (Å²) in [7, 11) is -3.63. The SMILES string of the molecule is I.NC(=NCc1ccc(S(N)(=O)=O)s1)N1CCOCC1. The van der Waals surface area contributed by atoms with Gasteiger partial charge in [-0.2, -0.15) is 0 Å². The summed E-state index contributed by atoms with van der Waals surface area (Å²) < 4.78 is 27.6. The molecule has 0 spiro atoms. The first kappa shape index (κ1) is 17.6. The molecular weight excluding hydrogens is 415 g/mol. The predicted octanol–water partition coefficient (Wildman–Crippen LogP) is 0.160. The summed E-state index contributed by atoms with van der Waals surface area (Å²) in [5.41, 5.74) is 5.87. The van der Waals surface area contributed by atoms with Crippen molar-refractivity contribution in [2.24, 2.45) is 15.9 Å². The normalized spacial score (nSPS) is 16.9. The minimum Gasteiger partial charge on any atom is -0.378 e. The average Bonchev–Trinajstić information content (AvgIpc) is 2.86. The molecule has 0 radical (unpaired) electrons. The number of halogens is 1. The molecule has 1 aliphatic heterocycles. The Hall–Kier alpha value is -0.430. The van der Waals surface area contributed by atoms with Crippen molar-refractivity contribution in [3.63, 3.8) is 0 Å². The summed E-state index contributed by atoms with van der Waals surface area (Å²) in [6, 6.07) is 3.18. The highest BCUT2D eigenvalue weighted by atomic mass is 127. The van der Waals surface area contributed by atoms with Crippen molar-refractivity contribution in [2.75, 3.05) is 26.3 Å². The average molecular weight is 432 g/mol. The number of nitrogens with two attached hydrogens (primary N) is 2. The van der Waals surface area contributed by atoms with E-state index in [1.54, 1.807) is 6.07 Å². The van der Waals surface area contributed by atoms with Gasteiger partial charge >= 0.3 is 0 Å². The van der Waals surface area contributed by atoms with Gasteiger partial charge in [0.25, 0.3) is 0 Å². The topological polar surface area (TPSA) is 111 Å². The van der Waals surface area contributed by atoms with Crippen molar-refractivity contribution in [1.29, 1.82) is 0 Å². The lowest BCUT2D eigenvalue weighted by atomic mass is 10.4. The van der Waals surface area contributed by atoms with Crippen molar-refractivity contribution < 1.29 is 13.2 Å². The Kier molecular flexibility index (Phi) is 6.64. The maximum absolute atomic E-state index is 11.1. The smallest absolute Gasteiger partial charge is 0.247 e. The van der Waals surface area contributed by atoms with Crippen LogP contribution in [-0.2, 0) is 21.3 Å². The molecule has 7 nitrogen and oxygen atoms in total. The van der Waals surface area contributed by atoms with Crippen LogP contribution in [0.5, 0.6) is 0 Å². The predicted molar refractivity (Wildman–Crippen MR) is 88.8 cm³/mol. The first-order chi connectivity index (χ1) is 8.97. The number of morpholine rings is 1. The molecule has 2 heterocycles. The van der Waals surface area contributed by atoms with Crippen molar-refractivity contribution in [3.05, 3.63) is 17.0 Å². The van der Waals surface area contributed by atoms with Gasteiger partial charge in [0.1, 0.15) is 4.21 Å². The third kappa shape index (κ3) is 4.84. The van der Waals surface area contributed by atoms with Crippen LogP contribution in [0.15, 0.2) is 21.3 Å². The molecule has 4 N–H and O–H groups in total. The molecular formula is C10H17IN4O3S2. The van der Waals surface area contributed by atoms with Crippen LogP contribution < -0.4 is 10.9 Å². The molecule has 2 rings (SSSR count). The minimum atomic E-state index is -3.63. The van der Waals surface area contributed by atoms with Gasteiger partial charge in [0, 0.05) is 18.0 Å². The number of guanidine groups is 1. The quantitative estimate of drug-likeness (QED) is 0.402. The molecule has 1 aromatic rings. The highest BCUT2D eigenvalue weighted by molar-refractivity contribution is 14.0. The van der Waals surface area contributed by atoms with E-state index in [2.05, 4.69) is 4.99 Å². The Morgan fingerprint density at radius 2 is 2.05 bits per heavy atom. The lowest BCUT2D eigenvalue weighted by Crippen LogP contribution is -2.44. The Morgan fingerprint density at radius 1 is 1.40 bits per heavy atom. The fourth-order valence-corrected chi connectivity index (χ4v) is 3.35. The zero-order valence-electron chi connectivity index (χ0n) is 10.7. The second-order valence-electron chi connectivity index (χ2n) is 4.04. The Labute approximate surface area is 139 Å². The van der Waals surface area contributed by atoms with Crippen LogP contribution in [0.25, 0.3) is 0 Å². The van der Waals surface area contributed by atoms with Crippen molar-refractivity contribution >= 4 is 51.3 Å². The highest BCUT2D eigenvalue weighted by Gasteiger charge is 2.13. The summed E-state index contributed by atoms with van der Waals surface area (Å²) in [5.74, 6) is 0.453.